The maximum absolute atomic E-state index is 11.9. The molecule has 5 heteroatoms. The Hall–Kier alpha value is -1.55. The predicted octanol–water partition coefficient (Wildman–Crippen LogP) is 3.85. The van der Waals surface area contributed by atoms with Crippen LogP contribution in [0, 0.1) is 6.42 Å². The summed E-state index contributed by atoms with van der Waals surface area (Å²) in [6.07, 6.45) is 1.94. The Bertz CT molecular complexity index is 669. The molecular weight excluding hydrogens is 331 g/mol. The summed E-state index contributed by atoms with van der Waals surface area (Å²) < 4.78 is 0. The second-order valence-electron chi connectivity index (χ2n) is 5.87. The Labute approximate surface area is 146 Å². The van der Waals surface area contributed by atoms with Crippen LogP contribution in [-0.2, 0) is 4.79 Å². The van der Waals surface area contributed by atoms with E-state index in [4.69, 9.17) is 28.9 Å². The number of nitrogens with zero attached hydrogens (tertiary/aromatic N) is 1. The largest absolute Gasteiger partial charge is 0.368 e. The van der Waals surface area contributed by atoms with Gasteiger partial charge in [-0.05, 0) is 42.3 Å². The van der Waals surface area contributed by atoms with E-state index < -0.39 is 5.54 Å². The third kappa shape index (κ3) is 2.97. The van der Waals surface area contributed by atoms with Gasteiger partial charge < -0.3 is 5.73 Å². The van der Waals surface area contributed by atoms with Gasteiger partial charge in [0.15, 0.2) is 0 Å². The molecule has 3 nitrogen and oxygen atoms in total. The Morgan fingerprint density at radius 3 is 1.78 bits per heavy atom. The molecule has 119 valence electrons. The second-order valence-corrected chi connectivity index (χ2v) is 6.75. The van der Waals surface area contributed by atoms with E-state index >= 15 is 0 Å². The van der Waals surface area contributed by atoms with Crippen molar-refractivity contribution in [3.8, 4) is 0 Å². The van der Waals surface area contributed by atoms with Crippen LogP contribution in [0.5, 0.6) is 0 Å². The smallest absolute Gasteiger partial charge is 0.238 e. The number of carbonyl (C=O) groups excluding carboxylic acids is 1. The minimum atomic E-state index is -0.760. The summed E-state index contributed by atoms with van der Waals surface area (Å²) in [4.78, 5) is 14.0. The van der Waals surface area contributed by atoms with Crippen molar-refractivity contribution in [3.05, 3.63) is 76.1 Å². The van der Waals surface area contributed by atoms with Crippen molar-refractivity contribution in [2.75, 3.05) is 6.54 Å². The van der Waals surface area contributed by atoms with E-state index in [-0.39, 0.29) is 11.9 Å². The van der Waals surface area contributed by atoms with Gasteiger partial charge in [-0.15, -0.1) is 0 Å². The molecule has 2 N–H and O–H groups in total. The van der Waals surface area contributed by atoms with Crippen LogP contribution >= 0.6 is 23.2 Å². The topological polar surface area (TPSA) is 46.3 Å². The van der Waals surface area contributed by atoms with Gasteiger partial charge in [-0.2, -0.15) is 0 Å². The summed E-state index contributed by atoms with van der Waals surface area (Å²) in [7, 11) is 0. The number of benzene rings is 2. The van der Waals surface area contributed by atoms with E-state index in [9.17, 15) is 4.79 Å². The molecule has 0 aliphatic carbocycles. The summed E-state index contributed by atoms with van der Waals surface area (Å²) in [5.74, 6) is -0.350. The SMILES string of the molecule is CC1(C(N)=O)[CH]CN1C(c1ccc(Cl)cc1)c1ccc(Cl)cc1. The lowest BCUT2D eigenvalue weighted by Crippen LogP contribution is -2.66. The van der Waals surface area contributed by atoms with Gasteiger partial charge in [0.1, 0.15) is 5.54 Å². The number of likely N-dealkylation sites (tertiary alicyclic amines) is 1. The van der Waals surface area contributed by atoms with Gasteiger partial charge in [0, 0.05) is 23.0 Å². The Morgan fingerprint density at radius 2 is 1.48 bits per heavy atom. The zero-order valence-corrected chi connectivity index (χ0v) is 14.2. The van der Waals surface area contributed by atoms with Crippen LogP contribution in [0.4, 0.5) is 0 Å². The molecule has 1 aliphatic rings. The molecule has 1 amide bonds. The molecular formula is C18H17Cl2N2O. The average molecular weight is 348 g/mol. The summed E-state index contributed by atoms with van der Waals surface area (Å²) in [6, 6.07) is 15.2. The van der Waals surface area contributed by atoms with Crippen molar-refractivity contribution in [2.45, 2.75) is 18.5 Å². The summed E-state index contributed by atoms with van der Waals surface area (Å²) in [6.45, 7) is 2.53. The van der Waals surface area contributed by atoms with Crippen LogP contribution in [0.2, 0.25) is 10.0 Å². The molecule has 1 aliphatic heterocycles. The molecule has 0 spiro atoms. The Kier molecular flexibility index (Phi) is 4.37. The van der Waals surface area contributed by atoms with Crippen LogP contribution in [-0.4, -0.2) is 22.9 Å². The highest BCUT2D eigenvalue weighted by molar-refractivity contribution is 6.30. The average Bonchev–Trinajstić information content (AvgIpc) is 2.52. The number of hydrogen-bond acceptors (Lipinski definition) is 2. The molecule has 23 heavy (non-hydrogen) atoms. The first kappa shape index (κ1) is 16.3. The summed E-state index contributed by atoms with van der Waals surface area (Å²) in [5.41, 5.74) is 6.96. The van der Waals surface area contributed by atoms with Crippen molar-refractivity contribution >= 4 is 29.1 Å². The first-order valence-corrected chi connectivity index (χ1v) is 8.09. The number of amides is 1. The quantitative estimate of drug-likeness (QED) is 0.912. The monoisotopic (exact) mass is 347 g/mol. The summed E-state index contributed by atoms with van der Waals surface area (Å²) >= 11 is 12.0. The van der Waals surface area contributed by atoms with E-state index in [1.54, 1.807) is 0 Å². The van der Waals surface area contributed by atoms with Crippen molar-refractivity contribution in [2.24, 2.45) is 5.73 Å². The van der Waals surface area contributed by atoms with Gasteiger partial charge in [0.2, 0.25) is 5.91 Å². The first-order valence-electron chi connectivity index (χ1n) is 7.34. The molecule has 0 aromatic heterocycles. The van der Waals surface area contributed by atoms with Gasteiger partial charge in [0.05, 0.1) is 6.04 Å². The third-order valence-electron chi connectivity index (χ3n) is 4.46. The zero-order valence-electron chi connectivity index (χ0n) is 12.7. The van der Waals surface area contributed by atoms with E-state index in [0.29, 0.717) is 16.6 Å². The zero-order chi connectivity index (χ0) is 16.6. The number of halogens is 2. The van der Waals surface area contributed by atoms with Gasteiger partial charge >= 0.3 is 0 Å². The molecule has 2 aromatic carbocycles. The molecule has 0 bridgehead atoms. The fourth-order valence-corrected chi connectivity index (χ4v) is 3.18. The minimum Gasteiger partial charge on any atom is -0.368 e. The lowest BCUT2D eigenvalue weighted by atomic mass is 9.81. The van der Waals surface area contributed by atoms with E-state index in [0.717, 1.165) is 11.1 Å². The van der Waals surface area contributed by atoms with Crippen molar-refractivity contribution in [1.82, 2.24) is 4.90 Å². The maximum atomic E-state index is 11.9. The molecule has 1 radical (unpaired) electrons. The highest BCUT2D eigenvalue weighted by Gasteiger charge is 2.49. The highest BCUT2D eigenvalue weighted by atomic mass is 35.5. The van der Waals surface area contributed by atoms with Crippen molar-refractivity contribution in [1.29, 1.82) is 0 Å². The van der Waals surface area contributed by atoms with Crippen LogP contribution in [0.15, 0.2) is 48.5 Å². The highest BCUT2D eigenvalue weighted by Crippen LogP contribution is 2.41. The lowest BCUT2D eigenvalue weighted by molar-refractivity contribution is -0.133. The van der Waals surface area contributed by atoms with Crippen LogP contribution < -0.4 is 5.73 Å². The van der Waals surface area contributed by atoms with Crippen molar-refractivity contribution in [3.63, 3.8) is 0 Å². The Balaban J connectivity index is 2.05. The van der Waals surface area contributed by atoms with Gasteiger partial charge in [-0.1, -0.05) is 47.5 Å². The van der Waals surface area contributed by atoms with E-state index in [1.807, 2.05) is 61.9 Å². The summed E-state index contributed by atoms with van der Waals surface area (Å²) in [5, 5.41) is 1.35. The maximum Gasteiger partial charge on any atom is 0.238 e. The fourth-order valence-electron chi connectivity index (χ4n) is 2.93. The van der Waals surface area contributed by atoms with Gasteiger partial charge in [0.25, 0.3) is 0 Å². The third-order valence-corrected chi connectivity index (χ3v) is 4.97. The minimum absolute atomic E-state index is 0.0907. The first-order chi connectivity index (χ1) is 10.9. The van der Waals surface area contributed by atoms with Crippen molar-refractivity contribution < 1.29 is 4.79 Å². The van der Waals surface area contributed by atoms with Crippen LogP contribution in [0.3, 0.4) is 0 Å². The molecule has 1 atom stereocenters. The molecule has 1 heterocycles. The fraction of sp³-hybridized carbons (Fsp3) is 0.222. The molecule has 0 saturated carbocycles. The Morgan fingerprint density at radius 1 is 1.04 bits per heavy atom. The molecule has 3 rings (SSSR count). The molecule has 1 unspecified atom stereocenters. The van der Waals surface area contributed by atoms with E-state index in [2.05, 4.69) is 4.90 Å². The second kappa shape index (κ2) is 6.16. The molecule has 1 fully saturated rings. The van der Waals surface area contributed by atoms with Crippen LogP contribution in [0.25, 0.3) is 0 Å². The number of primary amides is 1. The van der Waals surface area contributed by atoms with Crippen LogP contribution in [0.1, 0.15) is 24.1 Å². The molecule has 1 saturated heterocycles. The van der Waals surface area contributed by atoms with E-state index in [1.165, 1.54) is 0 Å². The lowest BCUT2D eigenvalue weighted by Gasteiger charge is -2.52. The predicted molar refractivity (Wildman–Crippen MR) is 93.4 cm³/mol. The number of hydrogen-bond donors (Lipinski definition) is 1. The standard InChI is InChI=1S/C18H17Cl2N2O/c1-18(17(21)23)10-11-22(18)16(12-2-6-14(19)7-3-12)13-4-8-15(20)9-5-13/h2-10,16H,11H2,1H3,(H2,21,23). The normalized spacial score (nSPS) is 21.2. The number of rotatable bonds is 4. The number of carbonyl (C=O) groups is 1. The number of nitrogens with two attached hydrogens (primary N) is 1. The van der Waals surface area contributed by atoms with Gasteiger partial charge in [-0.25, -0.2) is 0 Å². The van der Waals surface area contributed by atoms with Gasteiger partial charge in [-0.3, -0.25) is 9.69 Å². The molecule has 2 aromatic rings.